The predicted octanol–water partition coefficient (Wildman–Crippen LogP) is 5.27. The van der Waals surface area contributed by atoms with E-state index in [0.717, 1.165) is 34.1 Å². The summed E-state index contributed by atoms with van der Waals surface area (Å²) in [5.41, 5.74) is 1.81. The highest BCUT2D eigenvalue weighted by Crippen LogP contribution is 2.61. The van der Waals surface area contributed by atoms with E-state index in [1.807, 2.05) is 36.4 Å². The first-order valence-electron chi connectivity index (χ1n) is 11.6. The third-order valence-electron chi connectivity index (χ3n) is 7.79. The number of nitrogens with zero attached hydrogens (tertiary/aromatic N) is 2. The molecular formula is C27H22BrN3O4. The Kier molecular flexibility index (Phi) is 5.12. The molecule has 8 heteroatoms. The fourth-order valence-electron chi connectivity index (χ4n) is 6.53. The van der Waals surface area contributed by atoms with Crippen LogP contribution in [0.1, 0.15) is 40.2 Å². The lowest BCUT2D eigenvalue weighted by molar-refractivity contribution is -0.384. The van der Waals surface area contributed by atoms with Gasteiger partial charge in [0.25, 0.3) is 5.69 Å². The molecule has 35 heavy (non-hydrogen) atoms. The van der Waals surface area contributed by atoms with Gasteiger partial charge in [-0.3, -0.25) is 24.6 Å². The van der Waals surface area contributed by atoms with Crippen molar-refractivity contribution in [1.82, 2.24) is 4.90 Å². The predicted molar refractivity (Wildman–Crippen MR) is 134 cm³/mol. The molecule has 2 fully saturated rings. The molecule has 3 aromatic rings. The molecule has 3 aliphatic heterocycles. The van der Waals surface area contributed by atoms with E-state index in [0.29, 0.717) is 12.1 Å². The lowest BCUT2D eigenvalue weighted by Crippen LogP contribution is -2.52. The number of halogens is 1. The monoisotopic (exact) mass is 531 g/mol. The zero-order valence-corrected chi connectivity index (χ0v) is 20.3. The number of rotatable bonds is 4. The van der Waals surface area contributed by atoms with Crippen LogP contribution < -0.4 is 5.32 Å². The van der Waals surface area contributed by atoms with Gasteiger partial charge in [0, 0.05) is 45.4 Å². The number of non-ortho nitro benzene ring substituents is 1. The van der Waals surface area contributed by atoms with Crippen molar-refractivity contribution in [1.29, 1.82) is 0 Å². The molecule has 0 aliphatic carbocycles. The van der Waals surface area contributed by atoms with Crippen LogP contribution in [0.4, 0.5) is 11.4 Å². The Hall–Kier alpha value is -3.36. The van der Waals surface area contributed by atoms with Gasteiger partial charge in [-0.25, -0.2) is 0 Å². The standard InChI is InChI=1S/C27H22BrN3O4/c28-18-6-3-5-17(15-18)25(32)24-23(16-10-12-19(13-11-16)31(34)35)22-9-4-14-30(22)27(24)20-7-1-2-8-21(20)29-26(27)33/h1-3,5-8,10-13,15,22-24H,4,9,14H2,(H,29,33). The molecule has 2 saturated heterocycles. The van der Waals surface area contributed by atoms with Crippen LogP contribution in [0.2, 0.25) is 0 Å². The summed E-state index contributed by atoms with van der Waals surface area (Å²) in [6.45, 7) is 0.707. The van der Waals surface area contributed by atoms with E-state index in [2.05, 4.69) is 26.1 Å². The van der Waals surface area contributed by atoms with E-state index in [9.17, 15) is 19.7 Å². The average molecular weight is 532 g/mol. The first-order valence-corrected chi connectivity index (χ1v) is 12.4. The molecule has 1 amide bonds. The van der Waals surface area contributed by atoms with Gasteiger partial charge in [-0.1, -0.05) is 58.4 Å². The highest BCUT2D eigenvalue weighted by molar-refractivity contribution is 9.10. The fraction of sp³-hybridized carbons (Fsp3) is 0.259. The normalized spacial score (nSPS) is 27.0. The molecule has 1 spiro atoms. The molecule has 1 N–H and O–H groups in total. The third-order valence-corrected chi connectivity index (χ3v) is 8.28. The Morgan fingerprint density at radius 1 is 1.09 bits per heavy atom. The highest BCUT2D eigenvalue weighted by atomic mass is 79.9. The second-order valence-corrected chi connectivity index (χ2v) is 10.3. The zero-order valence-electron chi connectivity index (χ0n) is 18.7. The average Bonchev–Trinajstić information content (AvgIpc) is 3.52. The number of carbonyl (C=O) groups is 2. The molecule has 0 aromatic heterocycles. The number of benzene rings is 3. The molecule has 3 aromatic carbocycles. The van der Waals surface area contributed by atoms with Crippen LogP contribution >= 0.6 is 15.9 Å². The van der Waals surface area contributed by atoms with Crippen molar-refractivity contribution in [2.75, 3.05) is 11.9 Å². The molecule has 0 radical (unpaired) electrons. The maximum Gasteiger partial charge on any atom is 0.269 e. The zero-order chi connectivity index (χ0) is 24.3. The smallest absolute Gasteiger partial charge is 0.269 e. The van der Waals surface area contributed by atoms with Gasteiger partial charge in [-0.2, -0.15) is 0 Å². The highest BCUT2D eigenvalue weighted by Gasteiger charge is 2.69. The summed E-state index contributed by atoms with van der Waals surface area (Å²) in [7, 11) is 0. The van der Waals surface area contributed by atoms with Crippen LogP contribution in [0, 0.1) is 16.0 Å². The summed E-state index contributed by atoms with van der Waals surface area (Å²) in [6.07, 6.45) is 1.77. The summed E-state index contributed by atoms with van der Waals surface area (Å²) in [4.78, 5) is 41.4. The summed E-state index contributed by atoms with van der Waals surface area (Å²) < 4.78 is 0.791. The Morgan fingerprint density at radius 2 is 1.86 bits per heavy atom. The minimum atomic E-state index is -1.14. The van der Waals surface area contributed by atoms with Gasteiger partial charge >= 0.3 is 0 Å². The summed E-state index contributed by atoms with van der Waals surface area (Å²) in [6, 6.07) is 21.3. The molecule has 4 unspecified atom stereocenters. The first kappa shape index (κ1) is 22.1. The van der Waals surface area contributed by atoms with Crippen molar-refractivity contribution < 1.29 is 14.5 Å². The summed E-state index contributed by atoms with van der Waals surface area (Å²) >= 11 is 3.48. The maximum atomic E-state index is 14.4. The van der Waals surface area contributed by atoms with Crippen LogP contribution in [-0.2, 0) is 10.3 Å². The van der Waals surface area contributed by atoms with Gasteiger partial charge in [0.2, 0.25) is 5.91 Å². The van der Waals surface area contributed by atoms with Gasteiger partial charge in [0.1, 0.15) is 5.54 Å². The van der Waals surface area contributed by atoms with Gasteiger partial charge in [0.15, 0.2) is 5.78 Å². The van der Waals surface area contributed by atoms with E-state index in [4.69, 9.17) is 0 Å². The van der Waals surface area contributed by atoms with Crippen molar-refractivity contribution >= 4 is 39.0 Å². The summed E-state index contributed by atoms with van der Waals surface area (Å²) in [5, 5.41) is 14.3. The fourth-order valence-corrected chi connectivity index (χ4v) is 6.93. The number of Topliss-reactive ketones (excluding diaryl/α,β-unsaturated/α-hetero) is 1. The Morgan fingerprint density at radius 3 is 2.60 bits per heavy atom. The van der Waals surface area contributed by atoms with E-state index in [1.54, 1.807) is 24.3 Å². The molecule has 0 bridgehead atoms. The minimum Gasteiger partial charge on any atom is -0.324 e. The lowest BCUT2D eigenvalue weighted by Gasteiger charge is -2.36. The van der Waals surface area contributed by atoms with Crippen LogP contribution in [-0.4, -0.2) is 34.1 Å². The number of hydrogen-bond acceptors (Lipinski definition) is 5. The SMILES string of the molecule is O=C(c1cccc(Br)c1)C1C(c2ccc([N+](=O)[O-])cc2)C2CCCN2C12C(=O)Nc1ccccc12. The molecule has 3 heterocycles. The number of hydrogen-bond donors (Lipinski definition) is 1. The summed E-state index contributed by atoms with van der Waals surface area (Å²) in [5.74, 6) is -1.26. The van der Waals surface area contributed by atoms with Crippen molar-refractivity contribution in [3.63, 3.8) is 0 Å². The van der Waals surface area contributed by atoms with Crippen molar-refractivity contribution in [3.05, 3.63) is 104 Å². The van der Waals surface area contributed by atoms with Crippen LogP contribution in [0.15, 0.2) is 77.3 Å². The first-order chi connectivity index (χ1) is 16.9. The molecule has 6 rings (SSSR count). The third kappa shape index (κ3) is 3.13. The number of carbonyl (C=O) groups excluding carboxylic acids is 2. The number of fused-ring (bicyclic) bond motifs is 4. The number of ketones is 1. The van der Waals surface area contributed by atoms with Crippen molar-refractivity contribution in [2.45, 2.75) is 30.3 Å². The Balaban J connectivity index is 1.59. The van der Waals surface area contributed by atoms with Gasteiger partial charge in [0.05, 0.1) is 10.8 Å². The van der Waals surface area contributed by atoms with Crippen LogP contribution in [0.25, 0.3) is 0 Å². The topological polar surface area (TPSA) is 92.5 Å². The van der Waals surface area contributed by atoms with E-state index >= 15 is 0 Å². The number of para-hydroxylation sites is 1. The molecule has 0 saturated carbocycles. The number of anilines is 1. The minimum absolute atomic E-state index is 0.00330. The van der Waals surface area contributed by atoms with E-state index in [1.165, 1.54) is 12.1 Å². The molecule has 176 valence electrons. The number of nitro groups is 1. The number of amides is 1. The van der Waals surface area contributed by atoms with Crippen LogP contribution in [0.3, 0.4) is 0 Å². The Labute approximate surface area is 210 Å². The number of nitro benzene ring substituents is 1. The van der Waals surface area contributed by atoms with Crippen molar-refractivity contribution in [2.24, 2.45) is 5.92 Å². The van der Waals surface area contributed by atoms with E-state index in [-0.39, 0.29) is 29.3 Å². The van der Waals surface area contributed by atoms with Crippen molar-refractivity contribution in [3.8, 4) is 0 Å². The largest absolute Gasteiger partial charge is 0.324 e. The second-order valence-electron chi connectivity index (χ2n) is 9.40. The maximum absolute atomic E-state index is 14.4. The van der Waals surface area contributed by atoms with Gasteiger partial charge in [-0.05, 0) is 43.1 Å². The van der Waals surface area contributed by atoms with Gasteiger partial charge < -0.3 is 5.32 Å². The van der Waals surface area contributed by atoms with E-state index < -0.39 is 16.4 Å². The molecule has 3 aliphatic rings. The Bertz CT molecular complexity index is 1370. The number of nitrogens with one attached hydrogen (secondary N) is 1. The van der Waals surface area contributed by atoms with Gasteiger partial charge in [-0.15, -0.1) is 0 Å². The van der Waals surface area contributed by atoms with Crippen LogP contribution in [0.5, 0.6) is 0 Å². The second kappa shape index (κ2) is 8.10. The molecular weight excluding hydrogens is 510 g/mol. The lowest BCUT2D eigenvalue weighted by atomic mass is 9.69. The molecule has 7 nitrogen and oxygen atoms in total. The molecule has 4 atom stereocenters. The quantitative estimate of drug-likeness (QED) is 0.281.